The fourth-order valence-electron chi connectivity index (χ4n) is 2.40. The number of benzene rings is 1. The molecule has 96 valence electrons. The van der Waals surface area contributed by atoms with Crippen LogP contribution in [0.15, 0.2) is 22.6 Å². The van der Waals surface area contributed by atoms with E-state index < -0.39 is 0 Å². The summed E-state index contributed by atoms with van der Waals surface area (Å²) in [7, 11) is 1.64. The molecule has 1 atom stereocenters. The number of oxazole rings is 1. The van der Waals surface area contributed by atoms with Gasteiger partial charge in [-0.2, -0.15) is 0 Å². The van der Waals surface area contributed by atoms with Crippen molar-refractivity contribution in [1.82, 2.24) is 4.98 Å². The zero-order chi connectivity index (χ0) is 12.4. The number of fused-ring (bicyclic) bond motifs is 1. The summed E-state index contributed by atoms with van der Waals surface area (Å²) in [6.07, 6.45) is 3.66. The molecule has 1 saturated heterocycles. The third-order valence-electron chi connectivity index (χ3n) is 3.25. The summed E-state index contributed by atoms with van der Waals surface area (Å²) in [6.45, 7) is 1.31. The monoisotopic (exact) mass is 247 g/mol. The minimum absolute atomic E-state index is 0.368. The van der Waals surface area contributed by atoms with Gasteiger partial charge in [0.05, 0.1) is 6.10 Å². The van der Waals surface area contributed by atoms with Crippen LogP contribution in [0.25, 0.3) is 11.1 Å². The highest BCUT2D eigenvalue weighted by Crippen LogP contribution is 2.21. The van der Waals surface area contributed by atoms with Gasteiger partial charge in [0.25, 0.3) is 0 Å². The molecule has 0 radical (unpaired) electrons. The zero-order valence-electron chi connectivity index (χ0n) is 10.5. The molecule has 0 unspecified atom stereocenters. The van der Waals surface area contributed by atoms with E-state index in [0.717, 1.165) is 30.5 Å². The normalized spacial score (nSPS) is 19.7. The standard InChI is InChI=1S/C14H17NO3/c1-16-9-14-15-12-8-10(4-5-13(12)18-14)7-11-3-2-6-17-11/h4-5,8,11H,2-3,6-7,9H2,1H3/t11-/m1/s1. The average molecular weight is 247 g/mol. The van der Waals surface area contributed by atoms with Crippen molar-refractivity contribution in [3.8, 4) is 0 Å². The topological polar surface area (TPSA) is 44.5 Å². The molecule has 0 amide bonds. The molecule has 1 aromatic heterocycles. The van der Waals surface area contributed by atoms with Crippen LogP contribution < -0.4 is 0 Å². The molecule has 1 aromatic carbocycles. The van der Waals surface area contributed by atoms with Crippen LogP contribution in [0.1, 0.15) is 24.3 Å². The molecule has 0 aliphatic carbocycles. The van der Waals surface area contributed by atoms with E-state index in [0.29, 0.717) is 18.6 Å². The molecule has 1 aliphatic heterocycles. The summed E-state index contributed by atoms with van der Waals surface area (Å²) in [6, 6.07) is 6.15. The fourth-order valence-corrected chi connectivity index (χ4v) is 2.40. The molecule has 2 heterocycles. The first-order valence-corrected chi connectivity index (χ1v) is 6.34. The summed E-state index contributed by atoms with van der Waals surface area (Å²) in [4.78, 5) is 4.41. The molecule has 0 bridgehead atoms. The van der Waals surface area contributed by atoms with Crippen LogP contribution in [-0.2, 0) is 22.5 Å². The Labute approximate surface area is 106 Å². The smallest absolute Gasteiger partial charge is 0.221 e. The van der Waals surface area contributed by atoms with Gasteiger partial charge in [-0.1, -0.05) is 6.07 Å². The second-order valence-electron chi connectivity index (χ2n) is 4.68. The Morgan fingerprint density at radius 3 is 3.17 bits per heavy atom. The molecule has 1 aliphatic rings. The van der Waals surface area contributed by atoms with Gasteiger partial charge in [0.2, 0.25) is 5.89 Å². The molecule has 2 aromatic rings. The molecular weight excluding hydrogens is 230 g/mol. The van der Waals surface area contributed by atoms with Gasteiger partial charge < -0.3 is 13.9 Å². The molecule has 1 fully saturated rings. The van der Waals surface area contributed by atoms with E-state index in [9.17, 15) is 0 Å². The Balaban J connectivity index is 1.80. The van der Waals surface area contributed by atoms with Crippen molar-refractivity contribution in [3.05, 3.63) is 29.7 Å². The molecule has 4 heteroatoms. The predicted molar refractivity (Wildman–Crippen MR) is 67.4 cm³/mol. The highest BCUT2D eigenvalue weighted by atomic mass is 16.5. The van der Waals surface area contributed by atoms with Crippen LogP contribution in [-0.4, -0.2) is 24.8 Å². The molecular formula is C14H17NO3. The van der Waals surface area contributed by atoms with Crippen LogP contribution in [0.5, 0.6) is 0 Å². The maximum Gasteiger partial charge on any atom is 0.221 e. The van der Waals surface area contributed by atoms with Gasteiger partial charge in [0.15, 0.2) is 5.58 Å². The largest absolute Gasteiger partial charge is 0.438 e. The first-order chi connectivity index (χ1) is 8.85. The molecule has 4 nitrogen and oxygen atoms in total. The number of methoxy groups -OCH3 is 1. The summed E-state index contributed by atoms with van der Waals surface area (Å²) in [5, 5.41) is 0. The van der Waals surface area contributed by atoms with Crippen molar-refractivity contribution in [2.75, 3.05) is 13.7 Å². The Bertz CT molecular complexity index is 529. The van der Waals surface area contributed by atoms with Crippen LogP contribution in [0, 0.1) is 0 Å². The van der Waals surface area contributed by atoms with Gasteiger partial charge in [0, 0.05) is 13.7 Å². The Morgan fingerprint density at radius 1 is 1.44 bits per heavy atom. The van der Waals surface area contributed by atoms with Gasteiger partial charge in [-0.15, -0.1) is 0 Å². The van der Waals surface area contributed by atoms with Crippen LogP contribution in [0.2, 0.25) is 0 Å². The summed E-state index contributed by atoms with van der Waals surface area (Å²) in [5.74, 6) is 0.627. The molecule has 0 N–H and O–H groups in total. The Kier molecular flexibility index (Phi) is 3.30. The van der Waals surface area contributed by atoms with Crippen molar-refractivity contribution in [2.45, 2.75) is 32.0 Å². The van der Waals surface area contributed by atoms with E-state index in [4.69, 9.17) is 13.9 Å². The first-order valence-electron chi connectivity index (χ1n) is 6.34. The highest BCUT2D eigenvalue weighted by molar-refractivity contribution is 5.73. The van der Waals surface area contributed by atoms with E-state index in [1.54, 1.807) is 7.11 Å². The second-order valence-corrected chi connectivity index (χ2v) is 4.68. The number of ether oxygens (including phenoxy) is 2. The van der Waals surface area contributed by atoms with Crippen molar-refractivity contribution in [2.24, 2.45) is 0 Å². The van der Waals surface area contributed by atoms with Crippen LogP contribution >= 0.6 is 0 Å². The third kappa shape index (κ3) is 2.40. The second kappa shape index (κ2) is 5.08. The quantitative estimate of drug-likeness (QED) is 0.833. The van der Waals surface area contributed by atoms with Crippen LogP contribution in [0.4, 0.5) is 0 Å². The molecule has 3 rings (SSSR count). The van der Waals surface area contributed by atoms with E-state index in [1.165, 1.54) is 12.0 Å². The van der Waals surface area contributed by atoms with Gasteiger partial charge in [-0.3, -0.25) is 0 Å². The van der Waals surface area contributed by atoms with E-state index >= 15 is 0 Å². The first kappa shape index (κ1) is 11.7. The average Bonchev–Trinajstić information content (AvgIpc) is 2.98. The maximum absolute atomic E-state index is 5.65. The van der Waals surface area contributed by atoms with Crippen LogP contribution in [0.3, 0.4) is 0 Å². The number of rotatable bonds is 4. The third-order valence-corrected chi connectivity index (χ3v) is 3.25. The number of hydrogen-bond acceptors (Lipinski definition) is 4. The minimum Gasteiger partial charge on any atom is -0.438 e. The lowest BCUT2D eigenvalue weighted by atomic mass is 10.1. The van der Waals surface area contributed by atoms with Gasteiger partial charge in [0.1, 0.15) is 12.1 Å². The van der Waals surface area contributed by atoms with Gasteiger partial charge >= 0.3 is 0 Å². The predicted octanol–water partition coefficient (Wildman–Crippen LogP) is 2.70. The zero-order valence-corrected chi connectivity index (χ0v) is 10.5. The minimum atomic E-state index is 0.368. The number of aromatic nitrogens is 1. The molecule has 18 heavy (non-hydrogen) atoms. The lowest BCUT2D eigenvalue weighted by Crippen LogP contribution is -2.08. The lowest BCUT2D eigenvalue weighted by Gasteiger charge is -2.08. The van der Waals surface area contributed by atoms with Crippen molar-refractivity contribution in [1.29, 1.82) is 0 Å². The number of hydrogen-bond donors (Lipinski definition) is 0. The van der Waals surface area contributed by atoms with Crippen molar-refractivity contribution in [3.63, 3.8) is 0 Å². The Morgan fingerprint density at radius 2 is 2.39 bits per heavy atom. The summed E-state index contributed by atoms with van der Waals surface area (Å²) >= 11 is 0. The van der Waals surface area contributed by atoms with Crippen molar-refractivity contribution < 1.29 is 13.9 Å². The van der Waals surface area contributed by atoms with Gasteiger partial charge in [-0.25, -0.2) is 4.98 Å². The SMILES string of the molecule is COCc1nc2cc(C[C@H]3CCCO3)ccc2o1. The van der Waals surface area contributed by atoms with E-state index in [1.807, 2.05) is 6.07 Å². The van der Waals surface area contributed by atoms with E-state index in [-0.39, 0.29) is 0 Å². The van der Waals surface area contributed by atoms with Gasteiger partial charge in [-0.05, 0) is 37.0 Å². The highest BCUT2D eigenvalue weighted by Gasteiger charge is 2.16. The molecule has 0 spiro atoms. The molecule has 0 saturated carbocycles. The van der Waals surface area contributed by atoms with Crippen molar-refractivity contribution >= 4 is 11.1 Å². The number of nitrogens with zero attached hydrogens (tertiary/aromatic N) is 1. The maximum atomic E-state index is 5.65. The summed E-state index contributed by atoms with van der Waals surface area (Å²) < 4.78 is 16.2. The van der Waals surface area contributed by atoms with E-state index in [2.05, 4.69) is 17.1 Å². The summed E-state index contributed by atoms with van der Waals surface area (Å²) in [5.41, 5.74) is 2.97. The fraction of sp³-hybridized carbons (Fsp3) is 0.500. The Hall–Kier alpha value is -1.39. The lowest BCUT2D eigenvalue weighted by molar-refractivity contribution is 0.111.